The van der Waals surface area contributed by atoms with Gasteiger partial charge in [0.25, 0.3) is 5.91 Å². The van der Waals surface area contributed by atoms with Crippen molar-refractivity contribution in [3.8, 4) is 5.75 Å². The minimum absolute atomic E-state index is 0.0100. The minimum atomic E-state index is -0.0100. The molecule has 0 spiro atoms. The van der Waals surface area contributed by atoms with Crippen LogP contribution in [-0.2, 0) is 9.59 Å². The molecule has 2 rings (SSSR count). The lowest BCUT2D eigenvalue weighted by atomic mass is 10.2. The highest BCUT2D eigenvalue weighted by atomic mass is 16.5. The fourth-order valence-electron chi connectivity index (χ4n) is 2.55. The molecule has 1 aliphatic heterocycles. The maximum absolute atomic E-state index is 12.2. The zero-order chi connectivity index (χ0) is 16.7. The van der Waals surface area contributed by atoms with Gasteiger partial charge in [-0.3, -0.25) is 14.5 Å². The molecule has 126 valence electrons. The molecule has 0 unspecified atom stereocenters. The fraction of sp³-hybridized carbons (Fsp3) is 0.529. The molecule has 1 N–H and O–H groups in total. The summed E-state index contributed by atoms with van der Waals surface area (Å²) in [5, 5.41) is 2.79. The molecule has 2 amide bonds. The molecular weight excluding hydrogens is 294 g/mol. The number of nitrogens with one attached hydrogen (secondary N) is 1. The number of amides is 2. The highest BCUT2D eigenvalue weighted by Crippen LogP contribution is 2.12. The summed E-state index contributed by atoms with van der Waals surface area (Å²) in [5.41, 5.74) is 1.11. The Balaban J connectivity index is 1.72. The summed E-state index contributed by atoms with van der Waals surface area (Å²) in [5.74, 6) is 0.743. The van der Waals surface area contributed by atoms with E-state index in [4.69, 9.17) is 4.74 Å². The van der Waals surface area contributed by atoms with E-state index in [1.807, 2.05) is 38.1 Å². The van der Waals surface area contributed by atoms with Crippen molar-refractivity contribution in [2.24, 2.45) is 0 Å². The smallest absolute Gasteiger partial charge is 0.260 e. The number of piperazine rings is 1. The first-order valence-corrected chi connectivity index (χ1v) is 8.04. The first-order valence-electron chi connectivity index (χ1n) is 8.04. The van der Waals surface area contributed by atoms with Gasteiger partial charge in [0.15, 0.2) is 6.61 Å². The summed E-state index contributed by atoms with van der Waals surface area (Å²) in [7, 11) is 0. The van der Waals surface area contributed by atoms with Crippen molar-refractivity contribution in [2.75, 3.05) is 45.9 Å². The lowest BCUT2D eigenvalue weighted by molar-refractivity contribution is -0.135. The van der Waals surface area contributed by atoms with E-state index >= 15 is 0 Å². The Hall–Kier alpha value is -2.08. The van der Waals surface area contributed by atoms with E-state index in [1.54, 1.807) is 4.90 Å². The first-order chi connectivity index (χ1) is 11.1. The van der Waals surface area contributed by atoms with Crippen molar-refractivity contribution in [1.82, 2.24) is 15.1 Å². The van der Waals surface area contributed by atoms with Gasteiger partial charge in [-0.2, -0.15) is 0 Å². The summed E-state index contributed by atoms with van der Waals surface area (Å²) in [6, 6.07) is 7.67. The average molecular weight is 319 g/mol. The van der Waals surface area contributed by atoms with Crippen LogP contribution in [0.25, 0.3) is 0 Å². The molecule has 0 aromatic heterocycles. The standard InChI is InChI=1S/C17H25N3O3/c1-3-18-16(21)12-19-7-9-20(10-8-19)17(22)13-23-15-6-4-5-14(2)11-15/h4-6,11H,3,7-10,12-13H2,1-2H3,(H,18,21). The summed E-state index contributed by atoms with van der Waals surface area (Å²) in [6.07, 6.45) is 0. The lowest BCUT2D eigenvalue weighted by Gasteiger charge is -2.34. The van der Waals surface area contributed by atoms with Gasteiger partial charge in [-0.25, -0.2) is 0 Å². The molecule has 0 radical (unpaired) electrons. The third kappa shape index (κ3) is 5.56. The number of hydrogen-bond acceptors (Lipinski definition) is 4. The number of rotatable bonds is 6. The lowest BCUT2D eigenvalue weighted by Crippen LogP contribution is -2.52. The Morgan fingerprint density at radius 1 is 1.22 bits per heavy atom. The van der Waals surface area contributed by atoms with E-state index in [9.17, 15) is 9.59 Å². The van der Waals surface area contributed by atoms with Crippen LogP contribution >= 0.6 is 0 Å². The number of aryl methyl sites for hydroxylation is 1. The number of carbonyl (C=O) groups excluding carboxylic acids is 2. The second-order valence-electron chi connectivity index (χ2n) is 5.72. The predicted molar refractivity (Wildman–Crippen MR) is 88.4 cm³/mol. The van der Waals surface area contributed by atoms with Crippen molar-refractivity contribution in [3.05, 3.63) is 29.8 Å². The third-order valence-corrected chi connectivity index (χ3v) is 3.82. The normalized spacial score (nSPS) is 15.3. The molecule has 1 aliphatic rings. The monoisotopic (exact) mass is 319 g/mol. The summed E-state index contributed by atoms with van der Waals surface area (Å²) in [6.45, 7) is 7.69. The van der Waals surface area contributed by atoms with Gasteiger partial charge in [-0.1, -0.05) is 12.1 Å². The summed E-state index contributed by atoms with van der Waals surface area (Å²) in [4.78, 5) is 27.6. The van der Waals surface area contributed by atoms with Gasteiger partial charge in [-0.05, 0) is 31.5 Å². The Kier molecular flexibility index (Phi) is 6.40. The maximum Gasteiger partial charge on any atom is 0.260 e. The molecule has 0 atom stereocenters. The van der Waals surface area contributed by atoms with Crippen LogP contribution in [-0.4, -0.2) is 67.5 Å². The molecule has 6 heteroatoms. The largest absolute Gasteiger partial charge is 0.484 e. The van der Waals surface area contributed by atoms with Crippen LogP contribution < -0.4 is 10.1 Å². The highest BCUT2D eigenvalue weighted by molar-refractivity contribution is 5.79. The Morgan fingerprint density at radius 2 is 1.96 bits per heavy atom. The van der Waals surface area contributed by atoms with Crippen LogP contribution in [0.1, 0.15) is 12.5 Å². The molecule has 1 heterocycles. The van der Waals surface area contributed by atoms with Gasteiger partial charge < -0.3 is 15.0 Å². The zero-order valence-corrected chi connectivity index (χ0v) is 13.9. The van der Waals surface area contributed by atoms with Crippen LogP contribution in [0.3, 0.4) is 0 Å². The first kappa shape index (κ1) is 17.3. The van der Waals surface area contributed by atoms with Crippen LogP contribution in [0.2, 0.25) is 0 Å². The molecule has 1 aromatic rings. The number of hydrogen-bond donors (Lipinski definition) is 1. The zero-order valence-electron chi connectivity index (χ0n) is 13.9. The molecule has 1 aromatic carbocycles. The van der Waals surface area contributed by atoms with Crippen molar-refractivity contribution < 1.29 is 14.3 Å². The van der Waals surface area contributed by atoms with Crippen LogP contribution in [0.15, 0.2) is 24.3 Å². The van der Waals surface area contributed by atoms with E-state index in [-0.39, 0.29) is 18.4 Å². The number of ether oxygens (including phenoxy) is 1. The topological polar surface area (TPSA) is 61.9 Å². The molecule has 0 aliphatic carbocycles. The third-order valence-electron chi connectivity index (χ3n) is 3.82. The van der Waals surface area contributed by atoms with Gasteiger partial charge in [0.1, 0.15) is 5.75 Å². The number of likely N-dealkylation sites (N-methyl/N-ethyl adjacent to an activating group) is 1. The summed E-state index contributed by atoms with van der Waals surface area (Å²) < 4.78 is 5.56. The van der Waals surface area contributed by atoms with Crippen molar-refractivity contribution in [3.63, 3.8) is 0 Å². The number of carbonyl (C=O) groups is 2. The highest BCUT2D eigenvalue weighted by Gasteiger charge is 2.22. The molecule has 1 saturated heterocycles. The van der Waals surface area contributed by atoms with E-state index in [2.05, 4.69) is 10.2 Å². The molecule has 0 saturated carbocycles. The molecule has 0 bridgehead atoms. The van der Waals surface area contributed by atoms with Crippen molar-refractivity contribution >= 4 is 11.8 Å². The van der Waals surface area contributed by atoms with Gasteiger partial charge in [0.2, 0.25) is 5.91 Å². The van der Waals surface area contributed by atoms with E-state index in [0.717, 1.165) is 5.56 Å². The van der Waals surface area contributed by atoms with Gasteiger partial charge in [-0.15, -0.1) is 0 Å². The van der Waals surface area contributed by atoms with Crippen LogP contribution in [0.4, 0.5) is 0 Å². The number of benzene rings is 1. The van der Waals surface area contributed by atoms with Gasteiger partial charge in [0.05, 0.1) is 6.54 Å². The van der Waals surface area contributed by atoms with E-state index < -0.39 is 0 Å². The average Bonchev–Trinajstić information content (AvgIpc) is 2.53. The van der Waals surface area contributed by atoms with Crippen molar-refractivity contribution in [1.29, 1.82) is 0 Å². The molecule has 6 nitrogen and oxygen atoms in total. The quantitative estimate of drug-likeness (QED) is 0.836. The molecule has 23 heavy (non-hydrogen) atoms. The fourth-order valence-corrected chi connectivity index (χ4v) is 2.55. The van der Waals surface area contributed by atoms with Crippen LogP contribution in [0, 0.1) is 6.92 Å². The van der Waals surface area contributed by atoms with Crippen molar-refractivity contribution in [2.45, 2.75) is 13.8 Å². The number of nitrogens with zero attached hydrogens (tertiary/aromatic N) is 2. The van der Waals surface area contributed by atoms with E-state index in [1.165, 1.54) is 0 Å². The Bertz CT molecular complexity index is 540. The maximum atomic E-state index is 12.2. The Morgan fingerprint density at radius 3 is 2.61 bits per heavy atom. The summed E-state index contributed by atoms with van der Waals surface area (Å²) >= 11 is 0. The SMILES string of the molecule is CCNC(=O)CN1CCN(C(=O)COc2cccc(C)c2)CC1. The second kappa shape index (κ2) is 8.53. The Labute approximate surface area is 137 Å². The van der Waals surface area contributed by atoms with Crippen LogP contribution in [0.5, 0.6) is 5.75 Å². The van der Waals surface area contributed by atoms with Gasteiger partial charge >= 0.3 is 0 Å². The van der Waals surface area contributed by atoms with E-state index in [0.29, 0.717) is 45.0 Å². The molecular formula is C17H25N3O3. The van der Waals surface area contributed by atoms with Gasteiger partial charge in [0, 0.05) is 32.7 Å². The second-order valence-corrected chi connectivity index (χ2v) is 5.72. The predicted octanol–water partition coefficient (Wildman–Crippen LogP) is 0.654. The molecule has 1 fully saturated rings. The minimum Gasteiger partial charge on any atom is -0.484 e.